The second-order valence-corrected chi connectivity index (χ2v) is 3.45. The van der Waals surface area contributed by atoms with Gasteiger partial charge in [-0.05, 0) is 6.42 Å². The summed E-state index contributed by atoms with van der Waals surface area (Å²) in [4.78, 5) is 20.5. The maximum absolute atomic E-state index is 11.0. The second kappa shape index (κ2) is 6.53. The first-order valence-electron chi connectivity index (χ1n) is 3.84. The molecule has 1 atom stereocenters. The molecule has 0 N–H and O–H groups in total. The molecule has 0 saturated carbocycles. The first-order chi connectivity index (χ1) is 5.22. The maximum atomic E-state index is 11.0. The van der Waals surface area contributed by atoms with E-state index in [1.807, 2.05) is 0 Å². The molecule has 0 aliphatic carbocycles. The summed E-state index contributed by atoms with van der Waals surface area (Å²) in [7, 11) is 0. The molecule has 0 aromatic heterocycles. The van der Waals surface area contributed by atoms with Crippen molar-refractivity contribution < 1.29 is 9.59 Å². The summed E-state index contributed by atoms with van der Waals surface area (Å²) in [6.07, 6.45) is 4.20. The third-order valence-corrected chi connectivity index (χ3v) is 2.18. The lowest BCUT2D eigenvalue weighted by atomic mass is 10.1. The van der Waals surface area contributed by atoms with Gasteiger partial charge in [-0.3, -0.25) is 4.79 Å². The summed E-state index contributed by atoms with van der Waals surface area (Å²) in [5.74, 6) is -0.00606. The summed E-state index contributed by atoms with van der Waals surface area (Å²) in [5.41, 5.74) is 0. The van der Waals surface area contributed by atoms with E-state index >= 15 is 0 Å². The average Bonchev–Trinajstić information content (AvgIpc) is 2.03. The van der Waals surface area contributed by atoms with Gasteiger partial charge < -0.3 is 4.79 Å². The Morgan fingerprint density at radius 3 is 2.64 bits per heavy atom. The van der Waals surface area contributed by atoms with Crippen LogP contribution >= 0.6 is 15.9 Å². The van der Waals surface area contributed by atoms with Crippen molar-refractivity contribution in [2.24, 2.45) is 0 Å². The number of ketones is 1. The quantitative estimate of drug-likeness (QED) is 0.298. The first kappa shape index (κ1) is 10.8. The molecule has 3 heteroatoms. The Hall–Kier alpha value is -0.180. The normalized spacial score (nSPS) is 12.5. The highest BCUT2D eigenvalue weighted by molar-refractivity contribution is 9.10. The molecule has 0 aromatic rings. The molecule has 64 valence electrons. The summed E-state index contributed by atoms with van der Waals surface area (Å²) in [6, 6.07) is 0. The smallest absolute Gasteiger partial charge is 0.153 e. The monoisotopic (exact) mass is 220 g/mol. The molecular weight excluding hydrogens is 208 g/mol. The van der Waals surface area contributed by atoms with Gasteiger partial charge in [0.15, 0.2) is 5.78 Å². The van der Waals surface area contributed by atoms with Crippen molar-refractivity contribution in [1.29, 1.82) is 0 Å². The number of unbranched alkanes of at least 4 members (excludes halogenated alkanes) is 2. The van der Waals surface area contributed by atoms with E-state index in [4.69, 9.17) is 0 Å². The molecule has 1 unspecified atom stereocenters. The largest absolute Gasteiger partial charge is 0.302 e. The average molecular weight is 221 g/mol. The van der Waals surface area contributed by atoms with Gasteiger partial charge in [0, 0.05) is 6.42 Å². The Bertz CT molecular complexity index is 134. The fourth-order valence-electron chi connectivity index (χ4n) is 0.763. The number of Topliss-reactive ketones (excluding diaryl/α,β-unsaturated/α-hetero) is 1. The number of aldehydes is 1. The number of carbonyl (C=O) groups is 2. The van der Waals surface area contributed by atoms with Crippen LogP contribution in [0.15, 0.2) is 0 Å². The summed E-state index contributed by atoms with van der Waals surface area (Å²) in [6.45, 7) is 2.08. The second-order valence-electron chi connectivity index (χ2n) is 2.46. The van der Waals surface area contributed by atoms with E-state index in [-0.39, 0.29) is 5.78 Å². The van der Waals surface area contributed by atoms with Crippen LogP contribution in [0.2, 0.25) is 0 Å². The van der Waals surface area contributed by atoms with Crippen molar-refractivity contribution in [2.75, 3.05) is 0 Å². The van der Waals surface area contributed by atoms with E-state index in [0.717, 1.165) is 19.3 Å². The van der Waals surface area contributed by atoms with Crippen molar-refractivity contribution in [3.63, 3.8) is 0 Å². The van der Waals surface area contributed by atoms with Gasteiger partial charge in [-0.1, -0.05) is 35.7 Å². The molecule has 0 fully saturated rings. The van der Waals surface area contributed by atoms with Crippen LogP contribution in [0.1, 0.15) is 32.6 Å². The Balaban J connectivity index is 3.44. The molecule has 11 heavy (non-hydrogen) atoms. The van der Waals surface area contributed by atoms with Crippen molar-refractivity contribution in [3.05, 3.63) is 0 Å². The molecule has 0 amide bonds. The summed E-state index contributed by atoms with van der Waals surface area (Å²) in [5, 5.41) is 0. The van der Waals surface area contributed by atoms with Crippen LogP contribution in [0, 0.1) is 0 Å². The van der Waals surface area contributed by atoms with Crippen molar-refractivity contribution >= 4 is 28.0 Å². The highest BCUT2D eigenvalue weighted by atomic mass is 79.9. The molecule has 0 aliphatic heterocycles. The van der Waals surface area contributed by atoms with E-state index in [2.05, 4.69) is 22.9 Å². The third kappa shape index (κ3) is 5.13. The maximum Gasteiger partial charge on any atom is 0.153 e. The molecule has 2 nitrogen and oxygen atoms in total. The molecule has 0 aliphatic rings. The zero-order chi connectivity index (χ0) is 8.69. The lowest BCUT2D eigenvalue weighted by Crippen LogP contribution is -2.14. The number of alkyl halides is 1. The van der Waals surface area contributed by atoms with Gasteiger partial charge in [0.25, 0.3) is 0 Å². The van der Waals surface area contributed by atoms with Gasteiger partial charge in [-0.15, -0.1) is 0 Å². The van der Waals surface area contributed by atoms with Crippen LogP contribution in [-0.2, 0) is 9.59 Å². The Labute approximate surface area is 75.5 Å². The fraction of sp³-hybridized carbons (Fsp3) is 0.750. The minimum atomic E-state index is -0.584. The Morgan fingerprint density at radius 2 is 2.18 bits per heavy atom. The molecular formula is C8H13BrO2. The molecule has 0 saturated heterocycles. The number of carbonyl (C=O) groups excluding carboxylic acids is 2. The van der Waals surface area contributed by atoms with Gasteiger partial charge in [-0.25, -0.2) is 0 Å². The summed E-state index contributed by atoms with van der Waals surface area (Å²) >= 11 is 2.98. The van der Waals surface area contributed by atoms with Crippen LogP contribution in [0.3, 0.4) is 0 Å². The van der Waals surface area contributed by atoms with Gasteiger partial charge >= 0.3 is 0 Å². The van der Waals surface area contributed by atoms with E-state index in [0.29, 0.717) is 12.7 Å². The Morgan fingerprint density at radius 1 is 1.55 bits per heavy atom. The topological polar surface area (TPSA) is 34.1 Å². The van der Waals surface area contributed by atoms with Crippen LogP contribution in [0.25, 0.3) is 0 Å². The summed E-state index contributed by atoms with van der Waals surface area (Å²) < 4.78 is 0. The molecule has 0 heterocycles. The number of hydrogen-bond donors (Lipinski definition) is 0. The van der Waals surface area contributed by atoms with Gasteiger partial charge in [0.05, 0.1) is 0 Å². The zero-order valence-corrected chi connectivity index (χ0v) is 8.26. The minimum Gasteiger partial charge on any atom is -0.302 e. The van der Waals surface area contributed by atoms with E-state index in [1.165, 1.54) is 0 Å². The molecule has 0 radical (unpaired) electrons. The molecule has 0 aromatic carbocycles. The predicted molar refractivity (Wildman–Crippen MR) is 47.9 cm³/mol. The van der Waals surface area contributed by atoms with Gasteiger partial charge in [0.2, 0.25) is 0 Å². The first-order valence-corrected chi connectivity index (χ1v) is 4.76. The van der Waals surface area contributed by atoms with Gasteiger partial charge in [-0.2, -0.15) is 0 Å². The van der Waals surface area contributed by atoms with E-state index in [9.17, 15) is 9.59 Å². The van der Waals surface area contributed by atoms with Crippen LogP contribution in [-0.4, -0.2) is 16.9 Å². The van der Waals surface area contributed by atoms with Crippen LogP contribution in [0.4, 0.5) is 0 Å². The molecule has 0 rings (SSSR count). The molecule has 0 spiro atoms. The van der Waals surface area contributed by atoms with Crippen molar-refractivity contribution in [2.45, 2.75) is 37.4 Å². The lowest BCUT2D eigenvalue weighted by molar-refractivity contribution is -0.121. The number of hydrogen-bond acceptors (Lipinski definition) is 2. The van der Waals surface area contributed by atoms with Crippen molar-refractivity contribution in [3.8, 4) is 0 Å². The lowest BCUT2D eigenvalue weighted by Gasteiger charge is -1.99. The predicted octanol–water partition coefficient (Wildman–Crippen LogP) is 2.10. The number of halogens is 1. The Kier molecular flexibility index (Phi) is 6.42. The zero-order valence-electron chi connectivity index (χ0n) is 6.68. The van der Waals surface area contributed by atoms with Crippen molar-refractivity contribution in [1.82, 2.24) is 0 Å². The minimum absolute atomic E-state index is 0.00606. The number of rotatable bonds is 6. The highest BCUT2D eigenvalue weighted by Gasteiger charge is 2.11. The third-order valence-electron chi connectivity index (χ3n) is 1.45. The standard InChI is InChI=1S/C8H13BrO2/c1-2-3-4-5-8(11)7(9)6-10/h6-7H,2-5H2,1H3. The SMILES string of the molecule is CCCCCC(=O)C(Br)C=O. The highest BCUT2D eigenvalue weighted by Crippen LogP contribution is 2.05. The van der Waals surface area contributed by atoms with Gasteiger partial charge in [0.1, 0.15) is 11.1 Å². The van der Waals surface area contributed by atoms with Crippen LogP contribution < -0.4 is 0 Å². The van der Waals surface area contributed by atoms with Crippen LogP contribution in [0.5, 0.6) is 0 Å². The van der Waals surface area contributed by atoms with E-state index in [1.54, 1.807) is 0 Å². The molecule has 0 bridgehead atoms. The fourth-order valence-corrected chi connectivity index (χ4v) is 0.992. The van der Waals surface area contributed by atoms with E-state index < -0.39 is 4.83 Å².